The van der Waals surface area contributed by atoms with Gasteiger partial charge in [0.25, 0.3) is 0 Å². The van der Waals surface area contributed by atoms with Gasteiger partial charge >= 0.3 is 5.97 Å². The largest absolute Gasteiger partial charge is 0.493 e. The molecule has 3 rings (SSSR count). The number of carboxylic acid groups (broad SMARTS) is 1. The molecule has 8 heteroatoms. The molecular formula is C15H16N4O4. The number of aromatic nitrogens is 3. The van der Waals surface area contributed by atoms with Crippen LogP contribution < -0.4 is 14.8 Å². The minimum atomic E-state index is -1.05. The molecule has 0 amide bonds. The first-order valence-corrected chi connectivity index (χ1v) is 6.90. The van der Waals surface area contributed by atoms with E-state index in [4.69, 9.17) is 9.47 Å². The maximum atomic E-state index is 11.3. The van der Waals surface area contributed by atoms with E-state index in [-0.39, 0.29) is 5.70 Å². The van der Waals surface area contributed by atoms with Crippen molar-refractivity contribution in [1.29, 1.82) is 0 Å². The molecule has 1 atom stereocenters. The number of hydrogen-bond acceptors (Lipinski definition) is 6. The minimum absolute atomic E-state index is 0.0599. The van der Waals surface area contributed by atoms with Gasteiger partial charge in [0.15, 0.2) is 11.5 Å². The van der Waals surface area contributed by atoms with Crippen LogP contribution in [0, 0.1) is 6.92 Å². The predicted octanol–water partition coefficient (Wildman–Crippen LogP) is 1.59. The van der Waals surface area contributed by atoms with Crippen molar-refractivity contribution in [3.05, 3.63) is 41.4 Å². The summed E-state index contributed by atoms with van der Waals surface area (Å²) in [4.78, 5) is 15.6. The van der Waals surface area contributed by atoms with Gasteiger partial charge in [-0.1, -0.05) is 6.07 Å². The van der Waals surface area contributed by atoms with Gasteiger partial charge in [0.05, 0.1) is 14.2 Å². The Bertz CT molecular complexity index is 797. The number of aryl methyl sites for hydroxylation is 1. The van der Waals surface area contributed by atoms with E-state index in [0.29, 0.717) is 23.3 Å². The molecule has 2 heterocycles. The molecule has 120 valence electrons. The Morgan fingerprint density at radius 1 is 1.30 bits per heavy atom. The Labute approximate surface area is 132 Å². The summed E-state index contributed by atoms with van der Waals surface area (Å²) in [6.45, 7) is 1.75. The summed E-state index contributed by atoms with van der Waals surface area (Å²) in [5, 5.41) is 16.4. The molecule has 1 aromatic heterocycles. The first-order chi connectivity index (χ1) is 11.0. The number of nitrogens with one attached hydrogen (secondary N) is 1. The number of nitrogens with zero attached hydrogens (tertiary/aromatic N) is 3. The van der Waals surface area contributed by atoms with Gasteiger partial charge in [-0.15, -0.1) is 0 Å². The number of rotatable bonds is 4. The standard InChI is InChI=1S/C15H16N4O4/c1-8-16-15-17-10(14(20)21)7-11(19(15)18-8)9-4-5-12(22-2)13(6-9)23-3/h4-7,11H,1-3H3,(H,20,21)(H,16,17,18). The van der Waals surface area contributed by atoms with Crippen LogP contribution in [0.25, 0.3) is 0 Å². The summed E-state index contributed by atoms with van der Waals surface area (Å²) in [6.07, 6.45) is 1.59. The van der Waals surface area contributed by atoms with E-state index in [1.54, 1.807) is 44.0 Å². The van der Waals surface area contributed by atoms with Crippen LogP contribution in [0.5, 0.6) is 11.5 Å². The summed E-state index contributed by atoms with van der Waals surface area (Å²) in [6, 6.07) is 5.01. The Kier molecular flexibility index (Phi) is 3.65. The third kappa shape index (κ3) is 2.59. The zero-order valence-corrected chi connectivity index (χ0v) is 12.9. The quantitative estimate of drug-likeness (QED) is 0.883. The van der Waals surface area contributed by atoms with Gasteiger partial charge < -0.3 is 19.9 Å². The van der Waals surface area contributed by atoms with Gasteiger partial charge in [-0.25, -0.2) is 9.48 Å². The summed E-state index contributed by atoms with van der Waals surface area (Å²) in [5.74, 6) is 1.05. The van der Waals surface area contributed by atoms with Gasteiger partial charge in [0.1, 0.15) is 17.6 Å². The highest BCUT2D eigenvalue weighted by Crippen LogP contribution is 2.34. The SMILES string of the molecule is COc1ccc(C2C=C(C(=O)O)Nc3nc(C)nn32)cc1OC. The highest BCUT2D eigenvalue weighted by molar-refractivity contribution is 5.90. The van der Waals surface area contributed by atoms with Gasteiger partial charge in [0.2, 0.25) is 5.95 Å². The smallest absolute Gasteiger partial charge is 0.352 e. The van der Waals surface area contributed by atoms with Crippen molar-refractivity contribution in [1.82, 2.24) is 14.8 Å². The van der Waals surface area contributed by atoms with Crippen molar-refractivity contribution in [3.63, 3.8) is 0 Å². The lowest BCUT2D eigenvalue weighted by Gasteiger charge is -2.23. The van der Waals surface area contributed by atoms with Gasteiger partial charge in [-0.2, -0.15) is 10.1 Å². The normalized spacial score (nSPS) is 16.1. The number of fused-ring (bicyclic) bond motifs is 1. The van der Waals surface area contributed by atoms with E-state index in [2.05, 4.69) is 15.4 Å². The van der Waals surface area contributed by atoms with Crippen LogP contribution >= 0.6 is 0 Å². The third-order valence-electron chi connectivity index (χ3n) is 3.55. The van der Waals surface area contributed by atoms with E-state index >= 15 is 0 Å². The zero-order valence-electron chi connectivity index (χ0n) is 12.9. The first kappa shape index (κ1) is 14.9. The molecule has 2 N–H and O–H groups in total. The summed E-state index contributed by atoms with van der Waals surface area (Å²) < 4.78 is 12.2. The monoisotopic (exact) mass is 316 g/mol. The molecule has 0 fully saturated rings. The molecule has 0 aliphatic carbocycles. The number of benzene rings is 1. The van der Waals surface area contributed by atoms with E-state index in [0.717, 1.165) is 5.56 Å². The maximum Gasteiger partial charge on any atom is 0.352 e. The fourth-order valence-electron chi connectivity index (χ4n) is 2.50. The highest BCUT2D eigenvalue weighted by atomic mass is 16.5. The topological polar surface area (TPSA) is 98.5 Å². The average Bonchev–Trinajstić information content (AvgIpc) is 2.93. The van der Waals surface area contributed by atoms with E-state index in [1.165, 1.54) is 0 Å². The van der Waals surface area contributed by atoms with Crippen LogP contribution in [-0.2, 0) is 4.79 Å². The van der Waals surface area contributed by atoms with Crippen molar-refractivity contribution < 1.29 is 19.4 Å². The van der Waals surface area contributed by atoms with Crippen LogP contribution in [0.15, 0.2) is 30.0 Å². The zero-order chi connectivity index (χ0) is 16.6. The first-order valence-electron chi connectivity index (χ1n) is 6.90. The van der Waals surface area contributed by atoms with E-state index < -0.39 is 12.0 Å². The number of aliphatic carboxylic acids is 1. The van der Waals surface area contributed by atoms with Crippen molar-refractivity contribution in [2.24, 2.45) is 0 Å². The molecule has 0 spiro atoms. The van der Waals surface area contributed by atoms with E-state index in [9.17, 15) is 9.90 Å². The summed E-state index contributed by atoms with van der Waals surface area (Å²) in [5.41, 5.74) is 0.874. The molecule has 1 aromatic carbocycles. The summed E-state index contributed by atoms with van der Waals surface area (Å²) in [7, 11) is 3.11. The van der Waals surface area contributed by atoms with Gasteiger partial charge in [-0.05, 0) is 30.7 Å². The lowest BCUT2D eigenvalue weighted by atomic mass is 10.0. The molecule has 0 saturated heterocycles. The molecular weight excluding hydrogens is 300 g/mol. The molecule has 23 heavy (non-hydrogen) atoms. The second-order valence-corrected chi connectivity index (χ2v) is 5.00. The van der Waals surface area contributed by atoms with Gasteiger partial charge in [-0.3, -0.25) is 0 Å². The average molecular weight is 316 g/mol. The van der Waals surface area contributed by atoms with E-state index in [1.807, 2.05) is 6.07 Å². The Balaban J connectivity index is 2.11. The number of carbonyl (C=O) groups is 1. The predicted molar refractivity (Wildman–Crippen MR) is 81.8 cm³/mol. The van der Waals surface area contributed by atoms with Crippen LogP contribution in [0.3, 0.4) is 0 Å². The molecule has 0 saturated carbocycles. The second-order valence-electron chi connectivity index (χ2n) is 5.00. The third-order valence-corrected chi connectivity index (χ3v) is 3.55. The maximum absolute atomic E-state index is 11.3. The molecule has 0 radical (unpaired) electrons. The number of anilines is 1. The Morgan fingerprint density at radius 2 is 2.04 bits per heavy atom. The van der Waals surface area contributed by atoms with Crippen LogP contribution in [0.2, 0.25) is 0 Å². The van der Waals surface area contributed by atoms with Gasteiger partial charge in [0, 0.05) is 0 Å². The van der Waals surface area contributed by atoms with Crippen LogP contribution in [0.4, 0.5) is 5.95 Å². The van der Waals surface area contributed by atoms with Crippen molar-refractivity contribution in [2.45, 2.75) is 13.0 Å². The molecule has 1 aliphatic rings. The van der Waals surface area contributed by atoms with Crippen molar-refractivity contribution >= 4 is 11.9 Å². The fourth-order valence-corrected chi connectivity index (χ4v) is 2.50. The van der Waals surface area contributed by atoms with Crippen LogP contribution in [-0.4, -0.2) is 40.1 Å². The lowest BCUT2D eigenvalue weighted by Crippen LogP contribution is -2.24. The number of hydrogen-bond donors (Lipinski definition) is 2. The number of ether oxygens (including phenoxy) is 2. The molecule has 1 unspecified atom stereocenters. The highest BCUT2D eigenvalue weighted by Gasteiger charge is 2.27. The molecule has 8 nitrogen and oxygen atoms in total. The van der Waals surface area contributed by atoms with Crippen LogP contribution in [0.1, 0.15) is 17.4 Å². The Morgan fingerprint density at radius 3 is 2.70 bits per heavy atom. The summed E-state index contributed by atoms with van der Waals surface area (Å²) >= 11 is 0. The Hall–Kier alpha value is -3.03. The number of allylic oxidation sites excluding steroid dienone is 1. The number of carboxylic acids is 1. The number of methoxy groups -OCH3 is 2. The van der Waals surface area contributed by atoms with Crippen molar-refractivity contribution in [3.8, 4) is 11.5 Å². The lowest BCUT2D eigenvalue weighted by molar-refractivity contribution is -0.132. The molecule has 1 aliphatic heterocycles. The minimum Gasteiger partial charge on any atom is -0.493 e. The molecule has 2 aromatic rings. The second kappa shape index (κ2) is 5.64. The fraction of sp³-hybridized carbons (Fsp3) is 0.267. The molecule has 0 bridgehead atoms. The van der Waals surface area contributed by atoms with Crippen molar-refractivity contribution in [2.75, 3.05) is 19.5 Å².